The van der Waals surface area contributed by atoms with Gasteiger partial charge in [0.1, 0.15) is 0 Å². The molecule has 0 atom stereocenters. The number of hydrogen-bond acceptors (Lipinski definition) is 4. The minimum absolute atomic E-state index is 0.0332. The molecule has 106 valence electrons. The molecule has 0 unspecified atom stereocenters. The molecule has 2 aromatic rings. The van der Waals surface area contributed by atoms with E-state index < -0.39 is 0 Å². The van der Waals surface area contributed by atoms with Crippen LogP contribution in [-0.2, 0) is 0 Å². The zero-order valence-electron chi connectivity index (χ0n) is 11.7. The standard InChI is InChI=1S/C16H20N2O2/c1-2-3-4-5-6-7-8-10-13(19)16-18-15-14(20-16)11-9-12-17-15/h2,9,11-12H,1,3-8,10H2. The molecule has 0 fully saturated rings. The Kier molecular flexibility index (Phi) is 5.47. The van der Waals surface area contributed by atoms with Gasteiger partial charge in [-0.15, -0.1) is 6.58 Å². The maximum Gasteiger partial charge on any atom is 0.265 e. The predicted molar refractivity (Wildman–Crippen MR) is 78.7 cm³/mol. The second-order valence-corrected chi connectivity index (χ2v) is 4.86. The molecule has 0 aliphatic heterocycles. The van der Waals surface area contributed by atoms with Crippen molar-refractivity contribution in [3.05, 3.63) is 36.9 Å². The number of aromatic nitrogens is 2. The summed E-state index contributed by atoms with van der Waals surface area (Å²) in [5.74, 6) is 0.152. The molecule has 0 saturated heterocycles. The van der Waals surface area contributed by atoms with E-state index in [1.165, 1.54) is 12.8 Å². The van der Waals surface area contributed by atoms with Crippen molar-refractivity contribution in [1.82, 2.24) is 9.97 Å². The van der Waals surface area contributed by atoms with Gasteiger partial charge >= 0.3 is 0 Å². The number of Topliss-reactive ketones (excluding diaryl/α,β-unsaturated/α-hetero) is 1. The fraction of sp³-hybridized carbons (Fsp3) is 0.438. The third-order valence-electron chi connectivity index (χ3n) is 3.22. The minimum Gasteiger partial charge on any atom is -0.432 e. The van der Waals surface area contributed by atoms with Crippen molar-refractivity contribution in [2.24, 2.45) is 0 Å². The van der Waals surface area contributed by atoms with Crippen LogP contribution in [0.15, 0.2) is 35.4 Å². The van der Waals surface area contributed by atoms with Crippen molar-refractivity contribution in [2.45, 2.75) is 44.9 Å². The molecular formula is C16H20N2O2. The number of rotatable bonds is 9. The topological polar surface area (TPSA) is 56.0 Å². The van der Waals surface area contributed by atoms with Gasteiger partial charge in [0, 0.05) is 12.6 Å². The van der Waals surface area contributed by atoms with E-state index in [2.05, 4.69) is 16.5 Å². The number of oxazole rings is 1. The van der Waals surface area contributed by atoms with E-state index in [0.717, 1.165) is 25.7 Å². The first-order valence-corrected chi connectivity index (χ1v) is 7.17. The second kappa shape index (κ2) is 7.58. The molecule has 0 N–H and O–H groups in total. The van der Waals surface area contributed by atoms with Crippen LogP contribution in [0.5, 0.6) is 0 Å². The summed E-state index contributed by atoms with van der Waals surface area (Å²) in [6, 6.07) is 3.54. The molecule has 0 spiro atoms. The summed E-state index contributed by atoms with van der Waals surface area (Å²) < 4.78 is 5.41. The SMILES string of the molecule is C=CCCCCCCCC(=O)c1nc2ncccc2o1. The molecule has 2 aromatic heterocycles. The maximum atomic E-state index is 12.0. The van der Waals surface area contributed by atoms with Gasteiger partial charge < -0.3 is 4.42 Å². The van der Waals surface area contributed by atoms with E-state index in [1.54, 1.807) is 18.3 Å². The van der Waals surface area contributed by atoms with Crippen LogP contribution >= 0.6 is 0 Å². The van der Waals surface area contributed by atoms with Gasteiger partial charge in [-0.2, -0.15) is 4.98 Å². The van der Waals surface area contributed by atoms with Gasteiger partial charge in [-0.25, -0.2) is 4.98 Å². The van der Waals surface area contributed by atoms with Crippen LogP contribution in [0.1, 0.15) is 55.6 Å². The van der Waals surface area contributed by atoms with E-state index >= 15 is 0 Å². The highest BCUT2D eigenvalue weighted by Crippen LogP contribution is 2.15. The normalized spacial score (nSPS) is 10.8. The Bertz CT molecular complexity index is 542. The first-order valence-electron chi connectivity index (χ1n) is 7.17. The van der Waals surface area contributed by atoms with Gasteiger partial charge in [0.2, 0.25) is 5.78 Å². The van der Waals surface area contributed by atoms with Crippen LogP contribution in [0.25, 0.3) is 11.2 Å². The van der Waals surface area contributed by atoms with Crippen molar-refractivity contribution in [3.8, 4) is 0 Å². The van der Waals surface area contributed by atoms with Crippen molar-refractivity contribution in [2.75, 3.05) is 0 Å². The van der Waals surface area contributed by atoms with Gasteiger partial charge in [-0.05, 0) is 31.4 Å². The van der Waals surface area contributed by atoms with E-state index in [1.807, 2.05) is 6.08 Å². The van der Waals surface area contributed by atoms with Crippen LogP contribution in [0.2, 0.25) is 0 Å². The monoisotopic (exact) mass is 272 g/mol. The molecule has 0 aliphatic rings. The van der Waals surface area contributed by atoms with Crippen LogP contribution < -0.4 is 0 Å². The van der Waals surface area contributed by atoms with E-state index in [4.69, 9.17) is 4.42 Å². The Morgan fingerprint density at radius 1 is 1.25 bits per heavy atom. The number of ketones is 1. The molecule has 0 aliphatic carbocycles. The van der Waals surface area contributed by atoms with Crippen LogP contribution in [-0.4, -0.2) is 15.8 Å². The Labute approximate surface area is 118 Å². The van der Waals surface area contributed by atoms with Gasteiger partial charge in [0.15, 0.2) is 11.2 Å². The Hall–Kier alpha value is -1.97. The lowest BCUT2D eigenvalue weighted by Gasteiger charge is -1.99. The highest BCUT2D eigenvalue weighted by atomic mass is 16.4. The molecule has 0 saturated carbocycles. The zero-order valence-corrected chi connectivity index (χ0v) is 11.7. The minimum atomic E-state index is -0.0332. The third-order valence-corrected chi connectivity index (χ3v) is 3.22. The lowest BCUT2D eigenvalue weighted by Crippen LogP contribution is -1.99. The van der Waals surface area contributed by atoms with Gasteiger partial charge in [0.25, 0.3) is 5.89 Å². The fourth-order valence-corrected chi connectivity index (χ4v) is 2.10. The number of carbonyl (C=O) groups excluding carboxylic acids is 1. The quantitative estimate of drug-likeness (QED) is 0.387. The average molecular weight is 272 g/mol. The molecule has 0 amide bonds. The molecule has 0 bridgehead atoms. The first kappa shape index (κ1) is 14.4. The summed E-state index contributed by atoms with van der Waals surface area (Å²) >= 11 is 0. The lowest BCUT2D eigenvalue weighted by atomic mass is 10.1. The van der Waals surface area contributed by atoms with E-state index in [9.17, 15) is 4.79 Å². The van der Waals surface area contributed by atoms with Crippen LogP contribution in [0.4, 0.5) is 0 Å². The molecule has 0 radical (unpaired) electrons. The number of carbonyl (C=O) groups is 1. The predicted octanol–water partition coefficient (Wildman–Crippen LogP) is 4.32. The summed E-state index contributed by atoms with van der Waals surface area (Å²) in [7, 11) is 0. The Balaban J connectivity index is 1.73. The van der Waals surface area contributed by atoms with Crippen molar-refractivity contribution >= 4 is 17.0 Å². The summed E-state index contributed by atoms with van der Waals surface area (Å²) in [6.07, 6.45) is 10.7. The number of nitrogens with zero attached hydrogens (tertiary/aromatic N) is 2. The summed E-state index contributed by atoms with van der Waals surface area (Å²) in [5.41, 5.74) is 1.07. The average Bonchev–Trinajstić information content (AvgIpc) is 2.90. The van der Waals surface area contributed by atoms with E-state index in [0.29, 0.717) is 17.7 Å². The Morgan fingerprint density at radius 2 is 2.05 bits per heavy atom. The summed E-state index contributed by atoms with van der Waals surface area (Å²) in [4.78, 5) is 20.1. The highest BCUT2D eigenvalue weighted by Gasteiger charge is 2.14. The van der Waals surface area contributed by atoms with Crippen LogP contribution in [0, 0.1) is 0 Å². The number of fused-ring (bicyclic) bond motifs is 1. The zero-order chi connectivity index (χ0) is 14.2. The summed E-state index contributed by atoms with van der Waals surface area (Å²) in [6.45, 7) is 3.70. The molecule has 4 heteroatoms. The number of hydrogen-bond donors (Lipinski definition) is 0. The van der Waals surface area contributed by atoms with Gasteiger partial charge in [-0.3, -0.25) is 4.79 Å². The fourth-order valence-electron chi connectivity index (χ4n) is 2.10. The number of allylic oxidation sites excluding steroid dienone is 1. The maximum absolute atomic E-state index is 12.0. The smallest absolute Gasteiger partial charge is 0.265 e. The van der Waals surface area contributed by atoms with Crippen molar-refractivity contribution in [3.63, 3.8) is 0 Å². The van der Waals surface area contributed by atoms with Gasteiger partial charge in [-0.1, -0.05) is 25.3 Å². The number of unbranched alkanes of at least 4 members (excludes halogenated alkanes) is 5. The molecule has 2 rings (SSSR count). The van der Waals surface area contributed by atoms with Gasteiger partial charge in [0.05, 0.1) is 0 Å². The molecule has 20 heavy (non-hydrogen) atoms. The van der Waals surface area contributed by atoms with Crippen molar-refractivity contribution in [1.29, 1.82) is 0 Å². The molecule has 4 nitrogen and oxygen atoms in total. The largest absolute Gasteiger partial charge is 0.432 e. The lowest BCUT2D eigenvalue weighted by molar-refractivity contribution is 0.0947. The third kappa shape index (κ3) is 4.02. The first-order chi connectivity index (χ1) is 9.81. The van der Waals surface area contributed by atoms with Crippen LogP contribution in [0.3, 0.4) is 0 Å². The Morgan fingerprint density at radius 3 is 2.85 bits per heavy atom. The molecular weight excluding hydrogens is 252 g/mol. The number of pyridine rings is 1. The highest BCUT2D eigenvalue weighted by molar-refractivity contribution is 5.93. The molecule has 2 heterocycles. The molecule has 0 aromatic carbocycles. The second-order valence-electron chi connectivity index (χ2n) is 4.86. The van der Waals surface area contributed by atoms with Crippen molar-refractivity contribution < 1.29 is 9.21 Å². The summed E-state index contributed by atoms with van der Waals surface area (Å²) in [5, 5.41) is 0. The van der Waals surface area contributed by atoms with E-state index in [-0.39, 0.29) is 11.7 Å².